The van der Waals surface area contributed by atoms with Crippen molar-refractivity contribution >= 4 is 32.9 Å². The molecule has 0 unspecified atom stereocenters. The quantitative estimate of drug-likeness (QED) is 0.452. The van der Waals surface area contributed by atoms with E-state index in [1.807, 2.05) is 24.3 Å². The monoisotopic (exact) mass is 471 g/mol. The van der Waals surface area contributed by atoms with Crippen molar-refractivity contribution in [3.63, 3.8) is 0 Å². The first kappa shape index (κ1) is 22.0. The zero-order valence-electron chi connectivity index (χ0n) is 14.9. The smallest absolute Gasteiger partial charge is 0.119 e. The van der Waals surface area contributed by atoms with Crippen molar-refractivity contribution in [1.82, 2.24) is 4.90 Å². The summed E-state index contributed by atoms with van der Waals surface area (Å²) in [6.07, 6.45) is 0. The van der Waals surface area contributed by atoms with Crippen LogP contribution in [0, 0.1) is 13.8 Å². The highest BCUT2D eigenvalue weighted by molar-refractivity contribution is 9.09. The Kier molecular flexibility index (Phi) is 10.9. The lowest BCUT2D eigenvalue weighted by Crippen LogP contribution is -2.33. The predicted molar refractivity (Wildman–Crippen MR) is 114 cm³/mol. The van der Waals surface area contributed by atoms with Crippen molar-refractivity contribution in [2.45, 2.75) is 13.8 Å². The highest BCUT2D eigenvalue weighted by Crippen LogP contribution is 2.12. The fourth-order valence-electron chi connectivity index (χ4n) is 2.31. The molecule has 0 spiro atoms. The lowest BCUT2D eigenvalue weighted by Gasteiger charge is -2.21. The molecule has 0 bridgehead atoms. The van der Waals surface area contributed by atoms with Gasteiger partial charge in [-0.3, -0.25) is 4.90 Å². The number of aryl methyl sites for hydroxylation is 2. The molecule has 0 aliphatic heterocycles. The maximum absolute atomic E-state index is 5.82. The van der Waals surface area contributed by atoms with Gasteiger partial charge in [-0.05, 0) is 38.1 Å². The van der Waals surface area contributed by atoms with E-state index in [-0.39, 0.29) is 17.0 Å². The lowest BCUT2D eigenvalue weighted by molar-refractivity contribution is 0.184. The zero-order chi connectivity index (χ0) is 17.2. The van der Waals surface area contributed by atoms with Gasteiger partial charge in [0.1, 0.15) is 24.7 Å². The molecular weight excluding hydrogens is 446 g/mol. The first-order valence-electron chi connectivity index (χ1n) is 8.34. The van der Waals surface area contributed by atoms with Crippen LogP contribution in [0.4, 0.5) is 0 Å². The van der Waals surface area contributed by atoms with Gasteiger partial charge >= 0.3 is 0 Å². The van der Waals surface area contributed by atoms with E-state index in [1.54, 1.807) is 0 Å². The Morgan fingerprint density at radius 2 is 1.12 bits per heavy atom. The van der Waals surface area contributed by atoms with E-state index in [0.29, 0.717) is 13.2 Å². The summed E-state index contributed by atoms with van der Waals surface area (Å²) in [5.41, 5.74) is 2.49. The highest BCUT2D eigenvalue weighted by Gasteiger charge is 2.05. The molecule has 25 heavy (non-hydrogen) atoms. The molecule has 138 valence electrons. The second-order valence-electron chi connectivity index (χ2n) is 5.85. The van der Waals surface area contributed by atoms with Crippen LogP contribution in [0.1, 0.15) is 11.1 Å². The summed E-state index contributed by atoms with van der Waals surface area (Å²) in [7, 11) is 0. The van der Waals surface area contributed by atoms with E-state index in [9.17, 15) is 0 Å². The molecule has 3 nitrogen and oxygen atoms in total. The van der Waals surface area contributed by atoms with Gasteiger partial charge in [-0.2, -0.15) is 0 Å². The number of hydrogen-bond acceptors (Lipinski definition) is 3. The van der Waals surface area contributed by atoms with Crippen molar-refractivity contribution in [3.8, 4) is 11.5 Å². The van der Waals surface area contributed by atoms with Gasteiger partial charge in [0, 0.05) is 25.0 Å². The summed E-state index contributed by atoms with van der Waals surface area (Å²) in [5.74, 6) is 1.85. The summed E-state index contributed by atoms with van der Waals surface area (Å²) >= 11 is 3.52. The van der Waals surface area contributed by atoms with Crippen LogP contribution in [0.25, 0.3) is 0 Å². The summed E-state index contributed by atoms with van der Waals surface area (Å²) in [5, 5.41) is 0.946. The Balaban J connectivity index is 0.00000312. The van der Waals surface area contributed by atoms with Crippen molar-refractivity contribution < 1.29 is 9.47 Å². The van der Waals surface area contributed by atoms with Crippen LogP contribution in [0.5, 0.6) is 11.5 Å². The van der Waals surface area contributed by atoms with Gasteiger partial charge in [0.05, 0.1) is 0 Å². The molecule has 2 rings (SSSR count). The SMILES string of the molecule is Br.Cc1ccc(OCCN(CCBr)CCOc2ccc(C)cc2)cc1. The van der Waals surface area contributed by atoms with Crippen LogP contribution < -0.4 is 9.47 Å². The van der Waals surface area contributed by atoms with Crippen LogP contribution in [-0.2, 0) is 0 Å². The number of nitrogens with zero attached hydrogens (tertiary/aromatic N) is 1. The van der Waals surface area contributed by atoms with E-state index in [0.717, 1.165) is 36.5 Å². The minimum atomic E-state index is 0. The molecule has 0 radical (unpaired) electrons. The topological polar surface area (TPSA) is 21.7 Å². The third kappa shape index (κ3) is 8.75. The average Bonchev–Trinajstić information content (AvgIpc) is 2.58. The van der Waals surface area contributed by atoms with Gasteiger partial charge in [0.2, 0.25) is 0 Å². The summed E-state index contributed by atoms with van der Waals surface area (Å²) in [4.78, 5) is 2.34. The van der Waals surface area contributed by atoms with Crippen LogP contribution in [0.15, 0.2) is 48.5 Å². The Morgan fingerprint density at radius 3 is 1.48 bits per heavy atom. The van der Waals surface area contributed by atoms with Gasteiger partial charge in [-0.15, -0.1) is 17.0 Å². The number of ether oxygens (including phenoxy) is 2. The van der Waals surface area contributed by atoms with Crippen LogP contribution in [0.3, 0.4) is 0 Å². The molecule has 0 saturated carbocycles. The zero-order valence-corrected chi connectivity index (χ0v) is 18.2. The molecule has 0 aromatic heterocycles. The predicted octanol–water partition coefficient (Wildman–Crippen LogP) is 5.04. The minimum absolute atomic E-state index is 0. The third-order valence-corrected chi connectivity index (χ3v) is 4.15. The molecule has 0 N–H and O–H groups in total. The fourth-order valence-corrected chi connectivity index (χ4v) is 2.81. The normalized spacial score (nSPS) is 10.4. The first-order chi connectivity index (χ1) is 11.7. The second kappa shape index (κ2) is 12.3. The molecular formula is C20H27Br2NO2. The molecule has 0 atom stereocenters. The van der Waals surface area contributed by atoms with E-state index < -0.39 is 0 Å². The van der Waals surface area contributed by atoms with Gasteiger partial charge in [0.25, 0.3) is 0 Å². The maximum Gasteiger partial charge on any atom is 0.119 e. The number of hydrogen-bond donors (Lipinski definition) is 0. The molecule has 5 heteroatoms. The Bertz CT molecular complexity index is 536. The Hall–Kier alpha value is -1.04. The van der Waals surface area contributed by atoms with Gasteiger partial charge < -0.3 is 9.47 Å². The lowest BCUT2D eigenvalue weighted by atomic mass is 10.2. The Morgan fingerprint density at radius 1 is 0.720 bits per heavy atom. The van der Waals surface area contributed by atoms with Crippen LogP contribution in [-0.4, -0.2) is 43.1 Å². The summed E-state index contributed by atoms with van der Waals surface area (Å²) in [6, 6.07) is 16.4. The molecule has 0 aliphatic rings. The Labute approximate surface area is 170 Å². The number of benzene rings is 2. The fraction of sp³-hybridized carbons (Fsp3) is 0.400. The molecule has 0 heterocycles. The van der Waals surface area contributed by atoms with Gasteiger partial charge in [-0.1, -0.05) is 51.3 Å². The van der Waals surface area contributed by atoms with E-state index in [4.69, 9.17) is 9.47 Å². The second-order valence-corrected chi connectivity index (χ2v) is 6.65. The average molecular weight is 473 g/mol. The largest absolute Gasteiger partial charge is 0.492 e. The third-order valence-electron chi connectivity index (χ3n) is 3.80. The standard InChI is InChI=1S/C20H26BrNO2.BrH/c1-17-3-7-19(8-4-17)23-15-13-22(12-11-21)14-16-24-20-9-5-18(2)6-10-20;/h3-10H,11-16H2,1-2H3;1H. The van der Waals surface area contributed by atoms with E-state index in [2.05, 4.69) is 58.9 Å². The minimum Gasteiger partial charge on any atom is -0.492 e. The summed E-state index contributed by atoms with van der Waals surface area (Å²) < 4.78 is 11.6. The summed E-state index contributed by atoms with van der Waals surface area (Å²) in [6.45, 7) is 8.27. The molecule has 0 aliphatic carbocycles. The van der Waals surface area contributed by atoms with Crippen LogP contribution in [0.2, 0.25) is 0 Å². The number of rotatable bonds is 10. The van der Waals surface area contributed by atoms with Gasteiger partial charge in [-0.25, -0.2) is 0 Å². The van der Waals surface area contributed by atoms with Crippen LogP contribution >= 0.6 is 32.9 Å². The van der Waals surface area contributed by atoms with Crippen molar-refractivity contribution in [3.05, 3.63) is 59.7 Å². The molecule has 0 amide bonds. The van der Waals surface area contributed by atoms with E-state index >= 15 is 0 Å². The molecule has 2 aromatic rings. The number of halogens is 2. The molecule has 0 fully saturated rings. The number of alkyl halides is 1. The maximum atomic E-state index is 5.82. The van der Waals surface area contributed by atoms with Gasteiger partial charge in [0.15, 0.2) is 0 Å². The first-order valence-corrected chi connectivity index (χ1v) is 9.47. The van der Waals surface area contributed by atoms with E-state index in [1.165, 1.54) is 11.1 Å². The van der Waals surface area contributed by atoms with Crippen molar-refractivity contribution in [2.24, 2.45) is 0 Å². The molecule has 2 aromatic carbocycles. The highest BCUT2D eigenvalue weighted by atomic mass is 79.9. The van der Waals surface area contributed by atoms with Crippen molar-refractivity contribution in [1.29, 1.82) is 0 Å². The van der Waals surface area contributed by atoms with Crippen molar-refractivity contribution in [2.75, 3.05) is 38.2 Å². The molecule has 0 saturated heterocycles.